The molecule has 1 unspecified atom stereocenters. The number of nitrogens with zero attached hydrogens (tertiary/aromatic N) is 1. The molecule has 1 heterocycles. The second-order valence-corrected chi connectivity index (χ2v) is 6.62. The van der Waals surface area contributed by atoms with E-state index in [2.05, 4.69) is 4.98 Å². The second-order valence-electron chi connectivity index (χ2n) is 6.62. The summed E-state index contributed by atoms with van der Waals surface area (Å²) >= 11 is 0. The average Bonchev–Trinajstić information content (AvgIpc) is 2.89. The molecule has 1 aliphatic rings. The van der Waals surface area contributed by atoms with Gasteiger partial charge in [-0.05, 0) is 19.3 Å². The van der Waals surface area contributed by atoms with Crippen molar-refractivity contribution in [1.82, 2.24) is 4.98 Å². The van der Waals surface area contributed by atoms with Crippen LogP contribution in [0.15, 0.2) is 4.42 Å². The van der Waals surface area contributed by atoms with Crippen LogP contribution in [0.4, 0.5) is 0 Å². The van der Waals surface area contributed by atoms with E-state index >= 15 is 0 Å². The van der Waals surface area contributed by atoms with Gasteiger partial charge in [-0.25, -0.2) is 4.98 Å². The molecule has 6 nitrogen and oxygen atoms in total. The van der Waals surface area contributed by atoms with E-state index in [1.54, 1.807) is 6.92 Å². The van der Waals surface area contributed by atoms with Crippen LogP contribution in [-0.4, -0.2) is 16.8 Å². The van der Waals surface area contributed by atoms with E-state index in [1.807, 2.05) is 0 Å². The monoisotopic (exact) mass is 321 g/mol. The molecule has 0 radical (unpaired) electrons. The highest BCUT2D eigenvalue weighted by atomic mass is 16.4. The Kier molecular flexibility index (Phi) is 6.19. The first-order chi connectivity index (χ1) is 11.0. The molecule has 2 rings (SSSR count). The molecule has 1 aromatic heterocycles. The minimum atomic E-state index is -0.613. The highest BCUT2D eigenvalue weighted by molar-refractivity contribution is 5.91. The lowest BCUT2D eigenvalue weighted by Gasteiger charge is -2.22. The Morgan fingerprint density at radius 3 is 2.52 bits per heavy atom. The van der Waals surface area contributed by atoms with Gasteiger partial charge in [0.1, 0.15) is 5.76 Å². The second kappa shape index (κ2) is 8.13. The first-order valence-corrected chi connectivity index (χ1v) is 8.52. The van der Waals surface area contributed by atoms with Gasteiger partial charge >= 0.3 is 0 Å². The molecule has 1 aliphatic carbocycles. The lowest BCUT2D eigenvalue weighted by atomic mass is 9.84. The van der Waals surface area contributed by atoms with E-state index < -0.39 is 5.91 Å². The minimum Gasteiger partial charge on any atom is -0.445 e. The van der Waals surface area contributed by atoms with E-state index in [4.69, 9.17) is 15.9 Å². The zero-order valence-corrected chi connectivity index (χ0v) is 13.8. The quantitative estimate of drug-likeness (QED) is 0.766. The van der Waals surface area contributed by atoms with Crippen molar-refractivity contribution in [3.63, 3.8) is 0 Å². The number of hydrogen-bond donors (Lipinski definition) is 2. The molecule has 2 amide bonds. The molecule has 0 aliphatic heterocycles. The summed E-state index contributed by atoms with van der Waals surface area (Å²) in [5, 5.41) is 0. The molecule has 0 bridgehead atoms. The fraction of sp³-hybridized carbons (Fsp3) is 0.706. The number of aryl methyl sites for hydroxylation is 1. The number of rotatable bonds is 8. The summed E-state index contributed by atoms with van der Waals surface area (Å²) in [6, 6.07) is 0. The minimum absolute atomic E-state index is 0.141. The van der Waals surface area contributed by atoms with Crippen LogP contribution in [0.2, 0.25) is 0 Å². The van der Waals surface area contributed by atoms with Crippen molar-refractivity contribution in [1.29, 1.82) is 0 Å². The zero-order valence-electron chi connectivity index (χ0n) is 13.8. The molecule has 1 saturated carbocycles. The van der Waals surface area contributed by atoms with Crippen molar-refractivity contribution >= 4 is 11.8 Å². The topological polar surface area (TPSA) is 112 Å². The van der Waals surface area contributed by atoms with Crippen molar-refractivity contribution in [3.8, 4) is 0 Å². The van der Waals surface area contributed by atoms with Crippen molar-refractivity contribution in [2.24, 2.45) is 17.4 Å². The van der Waals surface area contributed by atoms with Crippen LogP contribution in [0.1, 0.15) is 85.8 Å². The predicted molar refractivity (Wildman–Crippen MR) is 86.7 cm³/mol. The maximum absolute atomic E-state index is 11.3. The van der Waals surface area contributed by atoms with Crippen LogP contribution in [0.3, 0.4) is 0 Å². The summed E-state index contributed by atoms with van der Waals surface area (Å²) in [6.45, 7) is 1.65. The summed E-state index contributed by atoms with van der Waals surface area (Å²) in [5.41, 5.74) is 10.8. The van der Waals surface area contributed by atoms with Gasteiger partial charge in [0.2, 0.25) is 5.91 Å². The smallest absolute Gasteiger partial charge is 0.270 e. The van der Waals surface area contributed by atoms with Crippen LogP contribution in [0.25, 0.3) is 0 Å². The number of amides is 2. The number of carbonyl (C=O) groups excluding carboxylic acids is 2. The predicted octanol–water partition coefficient (Wildman–Crippen LogP) is 2.79. The largest absolute Gasteiger partial charge is 0.445 e. The first kappa shape index (κ1) is 17.5. The van der Waals surface area contributed by atoms with Gasteiger partial charge < -0.3 is 15.9 Å². The van der Waals surface area contributed by atoms with E-state index in [0.29, 0.717) is 11.7 Å². The molecule has 4 N–H and O–H groups in total. The molecule has 0 aromatic carbocycles. The van der Waals surface area contributed by atoms with Gasteiger partial charge in [-0.3, -0.25) is 9.59 Å². The lowest BCUT2D eigenvalue weighted by Crippen LogP contribution is -2.17. The molecule has 0 spiro atoms. The third kappa shape index (κ3) is 5.08. The highest BCUT2D eigenvalue weighted by Crippen LogP contribution is 2.31. The molecule has 1 fully saturated rings. The van der Waals surface area contributed by atoms with E-state index in [9.17, 15) is 9.59 Å². The first-order valence-electron chi connectivity index (χ1n) is 8.52. The Morgan fingerprint density at radius 2 is 1.96 bits per heavy atom. The third-order valence-electron chi connectivity index (χ3n) is 4.73. The Morgan fingerprint density at radius 1 is 1.26 bits per heavy atom. The van der Waals surface area contributed by atoms with Crippen LogP contribution >= 0.6 is 0 Å². The summed E-state index contributed by atoms with van der Waals surface area (Å²) in [4.78, 5) is 26.8. The number of oxazole rings is 1. The Hall–Kier alpha value is -1.85. The maximum atomic E-state index is 11.3. The van der Waals surface area contributed by atoms with Crippen molar-refractivity contribution in [3.05, 3.63) is 17.3 Å². The van der Waals surface area contributed by atoms with Crippen molar-refractivity contribution in [2.75, 3.05) is 0 Å². The third-order valence-corrected chi connectivity index (χ3v) is 4.73. The van der Waals surface area contributed by atoms with Crippen LogP contribution in [-0.2, 0) is 4.79 Å². The van der Waals surface area contributed by atoms with Crippen LogP contribution in [0, 0.1) is 12.8 Å². The van der Waals surface area contributed by atoms with Gasteiger partial charge in [0.25, 0.3) is 5.91 Å². The number of carbonyl (C=O) groups is 2. The molecule has 23 heavy (non-hydrogen) atoms. The molecule has 0 saturated heterocycles. The number of primary amides is 2. The molecular weight excluding hydrogens is 294 g/mol. The molecule has 6 heteroatoms. The average molecular weight is 321 g/mol. The van der Waals surface area contributed by atoms with Gasteiger partial charge in [-0.15, -0.1) is 0 Å². The number of hydrogen-bond acceptors (Lipinski definition) is 4. The molecule has 1 aromatic rings. The summed E-state index contributed by atoms with van der Waals surface area (Å²) in [6.07, 6.45) is 9.78. The van der Waals surface area contributed by atoms with E-state index in [0.717, 1.165) is 25.2 Å². The normalized spacial score (nSPS) is 17.1. The van der Waals surface area contributed by atoms with Crippen molar-refractivity contribution < 1.29 is 14.0 Å². The van der Waals surface area contributed by atoms with Gasteiger partial charge in [0.15, 0.2) is 11.6 Å². The van der Waals surface area contributed by atoms with Gasteiger partial charge in [0.05, 0.1) is 0 Å². The molecule has 1 atom stereocenters. The Labute approximate surface area is 137 Å². The Bertz CT molecular complexity index is 547. The summed E-state index contributed by atoms with van der Waals surface area (Å²) in [7, 11) is 0. The summed E-state index contributed by atoms with van der Waals surface area (Å²) in [5.74, 6) is 0.419. The number of nitrogens with two attached hydrogens (primary N) is 2. The van der Waals surface area contributed by atoms with E-state index in [-0.39, 0.29) is 23.9 Å². The SMILES string of the molecule is Cc1oc(C(CCCC2CCCCC2)CC(N)=O)nc1C(N)=O. The van der Waals surface area contributed by atoms with Gasteiger partial charge in [-0.1, -0.05) is 44.9 Å². The van der Waals surface area contributed by atoms with E-state index in [1.165, 1.54) is 32.1 Å². The number of aromatic nitrogens is 1. The molecule has 128 valence electrons. The molecular formula is C17H27N3O3. The highest BCUT2D eigenvalue weighted by Gasteiger charge is 2.24. The Balaban J connectivity index is 1.97. The van der Waals surface area contributed by atoms with Crippen LogP contribution in [0.5, 0.6) is 0 Å². The fourth-order valence-electron chi connectivity index (χ4n) is 3.50. The summed E-state index contributed by atoms with van der Waals surface area (Å²) < 4.78 is 5.56. The van der Waals surface area contributed by atoms with Crippen molar-refractivity contribution in [2.45, 2.75) is 70.6 Å². The lowest BCUT2D eigenvalue weighted by molar-refractivity contribution is -0.118. The zero-order chi connectivity index (χ0) is 16.8. The standard InChI is InChI=1S/C17H27N3O3/c1-11-15(16(19)22)20-17(23-11)13(10-14(18)21)9-5-8-12-6-3-2-4-7-12/h12-13H,2-10H2,1H3,(H2,18,21)(H2,19,22). The van der Waals surface area contributed by atoms with Gasteiger partial charge in [-0.2, -0.15) is 0 Å². The maximum Gasteiger partial charge on any atom is 0.270 e. The van der Waals surface area contributed by atoms with Crippen LogP contribution < -0.4 is 11.5 Å². The van der Waals surface area contributed by atoms with Gasteiger partial charge in [0, 0.05) is 12.3 Å². The fourth-order valence-corrected chi connectivity index (χ4v) is 3.50.